The summed E-state index contributed by atoms with van der Waals surface area (Å²) < 4.78 is 7.55. The van der Waals surface area contributed by atoms with Crippen molar-refractivity contribution >= 4 is 23.1 Å². The van der Waals surface area contributed by atoms with E-state index in [4.69, 9.17) is 4.52 Å². The summed E-state index contributed by atoms with van der Waals surface area (Å²) in [6.45, 7) is 4.54. The Labute approximate surface area is 165 Å². The van der Waals surface area contributed by atoms with Crippen LogP contribution in [0.1, 0.15) is 17.1 Å². The molecule has 27 heavy (non-hydrogen) atoms. The molecule has 0 saturated carbocycles. The fraction of sp³-hybridized carbons (Fsp3) is 0.150. The van der Waals surface area contributed by atoms with Gasteiger partial charge in [-0.3, -0.25) is 0 Å². The molecule has 3 heterocycles. The van der Waals surface area contributed by atoms with Gasteiger partial charge in [0.25, 0.3) is 0 Å². The number of hydrogen-bond donors (Lipinski definition) is 0. The Hall–Kier alpha value is -2.64. The molecule has 0 bridgehead atoms. The van der Waals surface area contributed by atoms with Crippen LogP contribution in [0.3, 0.4) is 0 Å². The maximum atomic E-state index is 5.45. The van der Waals surface area contributed by atoms with E-state index in [1.54, 1.807) is 23.1 Å². The zero-order valence-corrected chi connectivity index (χ0v) is 16.2. The third-order valence-electron chi connectivity index (χ3n) is 3.98. The topological polar surface area (TPSA) is 56.7 Å². The normalized spacial score (nSPS) is 11.0. The van der Waals surface area contributed by atoms with Crippen molar-refractivity contribution in [1.82, 2.24) is 19.9 Å². The van der Waals surface area contributed by atoms with Gasteiger partial charge in [0.15, 0.2) is 10.9 Å². The summed E-state index contributed by atoms with van der Waals surface area (Å²) in [5.41, 5.74) is 2.10. The quantitative estimate of drug-likeness (QED) is 0.309. The van der Waals surface area contributed by atoms with E-state index in [1.165, 1.54) is 5.56 Å². The number of thiophene rings is 1. The summed E-state index contributed by atoms with van der Waals surface area (Å²) in [7, 11) is 0. The highest BCUT2D eigenvalue weighted by molar-refractivity contribution is 7.98. The number of nitrogens with zero attached hydrogens (tertiary/aromatic N) is 4. The van der Waals surface area contributed by atoms with Gasteiger partial charge in [0, 0.05) is 24.8 Å². The summed E-state index contributed by atoms with van der Waals surface area (Å²) in [5.74, 6) is 2.41. The van der Waals surface area contributed by atoms with Gasteiger partial charge in [-0.15, -0.1) is 28.1 Å². The number of benzene rings is 1. The molecule has 4 aromatic rings. The van der Waals surface area contributed by atoms with Crippen molar-refractivity contribution in [2.75, 3.05) is 0 Å². The van der Waals surface area contributed by atoms with Crippen LogP contribution in [0.15, 0.2) is 76.2 Å². The lowest BCUT2D eigenvalue weighted by Crippen LogP contribution is -2.04. The van der Waals surface area contributed by atoms with Gasteiger partial charge < -0.3 is 9.09 Å². The Balaban J connectivity index is 1.48. The van der Waals surface area contributed by atoms with Gasteiger partial charge in [-0.2, -0.15) is 0 Å². The van der Waals surface area contributed by atoms with Gasteiger partial charge in [-0.25, -0.2) is 0 Å². The smallest absolute Gasteiger partial charge is 0.191 e. The Morgan fingerprint density at radius 3 is 2.81 bits per heavy atom. The predicted octanol–water partition coefficient (Wildman–Crippen LogP) is 5.06. The Morgan fingerprint density at radius 2 is 2.04 bits per heavy atom. The fourth-order valence-corrected chi connectivity index (χ4v) is 4.22. The summed E-state index contributed by atoms with van der Waals surface area (Å²) in [5, 5.41) is 15.8. The standard InChI is InChI=1S/C20H18N4OS2/c1-2-10-24-19(12-15-7-4-3-5-8-15)21-22-20(24)27-14-16-13-17(25-23-16)18-9-6-11-26-18/h2-9,11,13H,1,10,12,14H2. The maximum Gasteiger partial charge on any atom is 0.191 e. The van der Waals surface area contributed by atoms with Crippen LogP contribution >= 0.6 is 23.1 Å². The number of aromatic nitrogens is 4. The molecule has 0 saturated heterocycles. The van der Waals surface area contributed by atoms with Gasteiger partial charge in [0.1, 0.15) is 5.82 Å². The minimum atomic E-state index is 0.676. The van der Waals surface area contributed by atoms with Crippen molar-refractivity contribution in [2.24, 2.45) is 0 Å². The summed E-state index contributed by atoms with van der Waals surface area (Å²) in [4.78, 5) is 1.08. The second-order valence-electron chi connectivity index (χ2n) is 5.91. The van der Waals surface area contributed by atoms with E-state index in [1.807, 2.05) is 47.9 Å². The van der Waals surface area contributed by atoms with E-state index >= 15 is 0 Å². The van der Waals surface area contributed by atoms with Crippen LogP contribution in [-0.2, 0) is 18.7 Å². The number of hydrogen-bond acceptors (Lipinski definition) is 6. The molecule has 0 N–H and O–H groups in total. The lowest BCUT2D eigenvalue weighted by molar-refractivity contribution is 0.427. The van der Waals surface area contributed by atoms with Crippen LogP contribution in [0.5, 0.6) is 0 Å². The first-order chi connectivity index (χ1) is 13.3. The zero-order chi connectivity index (χ0) is 18.5. The number of thioether (sulfide) groups is 1. The van der Waals surface area contributed by atoms with Crippen LogP contribution in [0.25, 0.3) is 10.6 Å². The van der Waals surface area contributed by atoms with E-state index in [-0.39, 0.29) is 0 Å². The molecular formula is C20H18N4OS2. The third kappa shape index (κ3) is 4.20. The van der Waals surface area contributed by atoms with E-state index < -0.39 is 0 Å². The molecule has 0 atom stereocenters. The Kier molecular flexibility index (Phi) is 5.50. The van der Waals surface area contributed by atoms with Crippen LogP contribution < -0.4 is 0 Å². The minimum Gasteiger partial charge on any atom is -0.355 e. The monoisotopic (exact) mass is 394 g/mol. The molecule has 0 fully saturated rings. The van der Waals surface area contributed by atoms with Gasteiger partial charge in [0.2, 0.25) is 0 Å². The molecular weight excluding hydrogens is 376 g/mol. The molecule has 0 spiro atoms. The minimum absolute atomic E-state index is 0.676. The average Bonchev–Trinajstić information content (AvgIpc) is 3.43. The Bertz CT molecular complexity index is 1010. The summed E-state index contributed by atoms with van der Waals surface area (Å²) in [6.07, 6.45) is 2.61. The summed E-state index contributed by atoms with van der Waals surface area (Å²) in [6, 6.07) is 16.3. The molecule has 0 unspecified atom stereocenters. The molecule has 0 radical (unpaired) electrons. The molecule has 4 rings (SSSR count). The van der Waals surface area contributed by atoms with Gasteiger partial charge in [0.05, 0.1) is 10.6 Å². The van der Waals surface area contributed by atoms with Crippen LogP contribution in [0, 0.1) is 0 Å². The molecule has 0 aliphatic rings. The highest BCUT2D eigenvalue weighted by Gasteiger charge is 2.14. The summed E-state index contributed by atoms with van der Waals surface area (Å²) >= 11 is 3.24. The van der Waals surface area contributed by atoms with Crippen molar-refractivity contribution in [3.8, 4) is 10.6 Å². The molecule has 7 heteroatoms. The van der Waals surface area contributed by atoms with Gasteiger partial charge >= 0.3 is 0 Å². The van der Waals surface area contributed by atoms with Crippen molar-refractivity contribution in [2.45, 2.75) is 23.9 Å². The van der Waals surface area contributed by atoms with Crippen molar-refractivity contribution in [1.29, 1.82) is 0 Å². The van der Waals surface area contributed by atoms with Crippen LogP contribution in [0.2, 0.25) is 0 Å². The van der Waals surface area contributed by atoms with Crippen molar-refractivity contribution < 1.29 is 4.52 Å². The van der Waals surface area contributed by atoms with E-state index in [9.17, 15) is 0 Å². The van der Waals surface area contributed by atoms with Crippen molar-refractivity contribution in [3.63, 3.8) is 0 Å². The molecule has 5 nitrogen and oxygen atoms in total. The number of rotatable bonds is 8. The highest BCUT2D eigenvalue weighted by atomic mass is 32.2. The molecule has 0 aliphatic heterocycles. The lowest BCUT2D eigenvalue weighted by atomic mass is 10.1. The second-order valence-corrected chi connectivity index (χ2v) is 7.80. The first-order valence-electron chi connectivity index (χ1n) is 8.52. The van der Waals surface area contributed by atoms with E-state index in [0.29, 0.717) is 12.3 Å². The van der Waals surface area contributed by atoms with Crippen LogP contribution in [-0.4, -0.2) is 19.9 Å². The molecule has 3 aromatic heterocycles. The van der Waals surface area contributed by atoms with Crippen LogP contribution in [0.4, 0.5) is 0 Å². The molecule has 0 aliphatic carbocycles. The molecule has 0 amide bonds. The number of allylic oxidation sites excluding steroid dienone is 1. The second kappa shape index (κ2) is 8.37. The third-order valence-corrected chi connectivity index (χ3v) is 5.87. The van der Waals surface area contributed by atoms with E-state index in [2.05, 4.69) is 38.6 Å². The Morgan fingerprint density at radius 1 is 1.15 bits per heavy atom. The van der Waals surface area contributed by atoms with Crippen molar-refractivity contribution in [3.05, 3.63) is 83.6 Å². The lowest BCUT2D eigenvalue weighted by Gasteiger charge is -2.07. The average molecular weight is 395 g/mol. The molecule has 1 aromatic carbocycles. The maximum absolute atomic E-state index is 5.45. The fourth-order valence-electron chi connectivity index (χ4n) is 2.70. The van der Waals surface area contributed by atoms with E-state index in [0.717, 1.165) is 33.7 Å². The zero-order valence-electron chi connectivity index (χ0n) is 14.6. The first-order valence-corrected chi connectivity index (χ1v) is 10.4. The SMILES string of the molecule is C=CCn1c(Cc2ccccc2)nnc1SCc1cc(-c2cccs2)on1. The molecule has 136 valence electrons. The largest absolute Gasteiger partial charge is 0.355 e. The van der Waals surface area contributed by atoms with Gasteiger partial charge in [-0.1, -0.05) is 59.4 Å². The first kappa shape index (κ1) is 17.8. The highest BCUT2D eigenvalue weighted by Crippen LogP contribution is 2.28. The predicted molar refractivity (Wildman–Crippen MR) is 109 cm³/mol. The van der Waals surface area contributed by atoms with Gasteiger partial charge in [-0.05, 0) is 17.0 Å².